The zero-order valence-corrected chi connectivity index (χ0v) is 14.1. The summed E-state index contributed by atoms with van der Waals surface area (Å²) in [4.78, 5) is 12.3. The predicted molar refractivity (Wildman–Crippen MR) is 86.1 cm³/mol. The molecule has 1 aromatic rings. The Bertz CT molecular complexity index is 506. The maximum absolute atomic E-state index is 12.3. The number of hydrogen-bond donors (Lipinski definition) is 1. The molecule has 5 heteroatoms. The summed E-state index contributed by atoms with van der Waals surface area (Å²) >= 11 is 3.43. The second kappa shape index (κ2) is 6.74. The summed E-state index contributed by atoms with van der Waals surface area (Å²) < 4.78 is 2.18. The lowest BCUT2D eigenvalue weighted by Gasteiger charge is -2.24. The first kappa shape index (κ1) is 15.5. The molecule has 1 saturated carbocycles. The maximum atomic E-state index is 12.3. The molecule has 0 spiro atoms. The molecule has 1 heterocycles. The van der Waals surface area contributed by atoms with Gasteiger partial charge in [-0.3, -0.25) is 4.79 Å². The molecule has 1 unspecified atom stereocenters. The molecule has 2 rings (SSSR count). The molecule has 0 radical (unpaired) electrons. The van der Waals surface area contributed by atoms with Crippen LogP contribution in [-0.2, 0) is 6.54 Å². The summed E-state index contributed by atoms with van der Waals surface area (Å²) in [5, 5.41) is 7.72. The molecule has 1 N–H and O–H groups in total. The van der Waals surface area contributed by atoms with Crippen LogP contribution in [0.1, 0.15) is 46.5 Å². The zero-order valence-electron chi connectivity index (χ0n) is 12.5. The highest BCUT2D eigenvalue weighted by molar-refractivity contribution is 9.10. The Labute approximate surface area is 129 Å². The minimum Gasteiger partial charge on any atom is -0.380 e. The zero-order chi connectivity index (χ0) is 14.7. The van der Waals surface area contributed by atoms with E-state index in [0.717, 1.165) is 25.1 Å². The fraction of sp³-hybridized carbons (Fsp3) is 0.733. The van der Waals surface area contributed by atoms with Gasteiger partial charge in [-0.05, 0) is 47.5 Å². The first-order valence-electron chi connectivity index (χ1n) is 7.58. The fourth-order valence-corrected chi connectivity index (χ4v) is 3.02. The molecule has 20 heavy (non-hydrogen) atoms. The maximum Gasteiger partial charge on any atom is 0.283 e. The van der Waals surface area contributed by atoms with Gasteiger partial charge in [-0.15, -0.1) is 0 Å². The summed E-state index contributed by atoms with van der Waals surface area (Å²) in [7, 11) is 0. The Morgan fingerprint density at radius 1 is 1.45 bits per heavy atom. The Balaban J connectivity index is 2.12. The number of anilines is 1. The quantitative estimate of drug-likeness (QED) is 0.823. The van der Waals surface area contributed by atoms with Crippen LogP contribution < -0.4 is 10.9 Å². The van der Waals surface area contributed by atoms with E-state index in [2.05, 4.69) is 47.1 Å². The molecule has 0 aliphatic heterocycles. The van der Waals surface area contributed by atoms with Gasteiger partial charge in [0.1, 0.15) is 4.47 Å². The largest absolute Gasteiger partial charge is 0.380 e. The van der Waals surface area contributed by atoms with E-state index in [1.807, 2.05) is 0 Å². The van der Waals surface area contributed by atoms with Crippen LogP contribution in [0, 0.1) is 11.8 Å². The first-order chi connectivity index (χ1) is 9.56. The predicted octanol–water partition coefficient (Wildman–Crippen LogP) is 3.65. The summed E-state index contributed by atoms with van der Waals surface area (Å²) in [5.74, 6) is 1.25. The van der Waals surface area contributed by atoms with Crippen molar-refractivity contribution < 1.29 is 0 Å². The van der Waals surface area contributed by atoms with Gasteiger partial charge in [0.2, 0.25) is 0 Å². The molecular weight excluding hydrogens is 318 g/mol. The van der Waals surface area contributed by atoms with Crippen molar-refractivity contribution >= 4 is 21.6 Å². The molecule has 1 aromatic heterocycles. The van der Waals surface area contributed by atoms with Crippen LogP contribution >= 0.6 is 15.9 Å². The van der Waals surface area contributed by atoms with Crippen LogP contribution in [0.25, 0.3) is 0 Å². The van der Waals surface area contributed by atoms with Crippen molar-refractivity contribution in [1.29, 1.82) is 0 Å². The van der Waals surface area contributed by atoms with E-state index in [1.165, 1.54) is 12.8 Å². The van der Waals surface area contributed by atoms with Crippen molar-refractivity contribution in [2.24, 2.45) is 11.8 Å². The van der Waals surface area contributed by atoms with Crippen LogP contribution in [0.5, 0.6) is 0 Å². The van der Waals surface area contributed by atoms with Crippen molar-refractivity contribution in [2.45, 2.75) is 59.0 Å². The number of hydrogen-bond acceptors (Lipinski definition) is 3. The molecule has 0 amide bonds. The van der Waals surface area contributed by atoms with E-state index in [-0.39, 0.29) is 5.56 Å². The van der Waals surface area contributed by atoms with Crippen LogP contribution in [0.15, 0.2) is 15.5 Å². The monoisotopic (exact) mass is 341 g/mol. The fourth-order valence-electron chi connectivity index (χ4n) is 2.60. The lowest BCUT2D eigenvalue weighted by molar-refractivity contribution is 0.437. The van der Waals surface area contributed by atoms with Crippen LogP contribution in [0.3, 0.4) is 0 Å². The molecule has 1 atom stereocenters. The Kier molecular flexibility index (Phi) is 5.24. The van der Waals surface area contributed by atoms with E-state index < -0.39 is 0 Å². The standard InChI is InChI=1S/C15H24BrN3O/c1-4-12(5-2)10(3)18-13-8-17-19(9-11-6-7-11)15(20)14(13)16/h8,10-12,18H,4-7,9H2,1-3H3. The normalized spacial score (nSPS) is 16.4. The average Bonchev–Trinajstić information content (AvgIpc) is 3.24. The smallest absolute Gasteiger partial charge is 0.283 e. The van der Waals surface area contributed by atoms with E-state index in [0.29, 0.717) is 22.4 Å². The number of rotatable bonds is 7. The molecule has 112 valence electrons. The van der Waals surface area contributed by atoms with Gasteiger partial charge in [0, 0.05) is 12.6 Å². The summed E-state index contributed by atoms with van der Waals surface area (Å²) in [5.41, 5.74) is 0.778. The third kappa shape index (κ3) is 3.62. The van der Waals surface area contributed by atoms with Crippen LogP contribution in [-0.4, -0.2) is 15.8 Å². The SMILES string of the molecule is CCC(CC)C(C)Nc1cnn(CC2CC2)c(=O)c1Br. The number of halogens is 1. The molecule has 0 aromatic carbocycles. The molecule has 0 bridgehead atoms. The number of nitrogens with zero attached hydrogens (tertiary/aromatic N) is 2. The summed E-state index contributed by atoms with van der Waals surface area (Å²) in [6.45, 7) is 7.32. The lowest BCUT2D eigenvalue weighted by atomic mass is 9.95. The second-order valence-electron chi connectivity index (χ2n) is 5.81. The number of aromatic nitrogens is 2. The van der Waals surface area contributed by atoms with Gasteiger partial charge < -0.3 is 5.32 Å². The summed E-state index contributed by atoms with van der Waals surface area (Å²) in [6.07, 6.45) is 6.48. The third-order valence-corrected chi connectivity index (χ3v) is 5.02. The van der Waals surface area contributed by atoms with Gasteiger partial charge in [0.15, 0.2) is 0 Å². The van der Waals surface area contributed by atoms with Gasteiger partial charge in [0.05, 0.1) is 11.9 Å². The van der Waals surface area contributed by atoms with E-state index in [4.69, 9.17) is 0 Å². The first-order valence-corrected chi connectivity index (χ1v) is 8.38. The summed E-state index contributed by atoms with van der Waals surface area (Å²) in [6, 6.07) is 0.335. The Morgan fingerprint density at radius 3 is 2.65 bits per heavy atom. The van der Waals surface area contributed by atoms with Crippen molar-refractivity contribution in [3.63, 3.8) is 0 Å². The van der Waals surface area contributed by atoms with Gasteiger partial charge in [-0.1, -0.05) is 26.7 Å². The van der Waals surface area contributed by atoms with Crippen molar-refractivity contribution in [2.75, 3.05) is 5.32 Å². The minimum atomic E-state index is -0.0290. The van der Waals surface area contributed by atoms with Gasteiger partial charge in [0.25, 0.3) is 5.56 Å². The highest BCUT2D eigenvalue weighted by Gasteiger charge is 2.23. The molecule has 0 saturated heterocycles. The average molecular weight is 342 g/mol. The number of nitrogens with one attached hydrogen (secondary N) is 1. The van der Waals surface area contributed by atoms with Crippen molar-refractivity contribution in [1.82, 2.24) is 9.78 Å². The Morgan fingerprint density at radius 2 is 2.10 bits per heavy atom. The molecule has 4 nitrogen and oxygen atoms in total. The minimum absolute atomic E-state index is 0.0290. The molecule has 1 fully saturated rings. The van der Waals surface area contributed by atoms with Crippen LogP contribution in [0.2, 0.25) is 0 Å². The highest BCUT2D eigenvalue weighted by Crippen LogP contribution is 2.30. The lowest BCUT2D eigenvalue weighted by Crippen LogP contribution is -2.29. The second-order valence-corrected chi connectivity index (χ2v) is 6.61. The van der Waals surface area contributed by atoms with E-state index >= 15 is 0 Å². The van der Waals surface area contributed by atoms with Gasteiger partial charge in [-0.25, -0.2) is 4.68 Å². The van der Waals surface area contributed by atoms with E-state index in [9.17, 15) is 4.79 Å². The Hall–Kier alpha value is -0.840. The van der Waals surface area contributed by atoms with Crippen molar-refractivity contribution in [3.8, 4) is 0 Å². The van der Waals surface area contributed by atoms with E-state index in [1.54, 1.807) is 10.9 Å². The van der Waals surface area contributed by atoms with Gasteiger partial charge in [-0.2, -0.15) is 5.10 Å². The topological polar surface area (TPSA) is 46.9 Å². The molecule has 1 aliphatic rings. The van der Waals surface area contributed by atoms with Crippen LogP contribution in [0.4, 0.5) is 5.69 Å². The highest BCUT2D eigenvalue weighted by atomic mass is 79.9. The van der Waals surface area contributed by atoms with Gasteiger partial charge >= 0.3 is 0 Å². The third-order valence-electron chi connectivity index (χ3n) is 4.25. The molecule has 1 aliphatic carbocycles. The van der Waals surface area contributed by atoms with Crippen molar-refractivity contribution in [3.05, 3.63) is 21.0 Å². The molecular formula is C15H24BrN3O.